The Labute approximate surface area is 239 Å². The molecule has 41 heavy (non-hydrogen) atoms. The van der Waals surface area contributed by atoms with Gasteiger partial charge in [-0.25, -0.2) is 14.3 Å². The van der Waals surface area contributed by atoms with Crippen LogP contribution < -0.4 is 16.1 Å². The molecule has 0 saturated carbocycles. The molecule has 13 heteroatoms. The molecule has 4 atom stereocenters. The molecule has 1 fully saturated rings. The van der Waals surface area contributed by atoms with Gasteiger partial charge in [0.15, 0.2) is 0 Å². The van der Waals surface area contributed by atoms with Crippen molar-refractivity contribution in [1.29, 1.82) is 0 Å². The number of hydrogen-bond donors (Lipinski definition) is 4. The Hall–Kier alpha value is -3.61. The van der Waals surface area contributed by atoms with Gasteiger partial charge in [-0.15, -0.1) is 0 Å². The Kier molecular flexibility index (Phi) is 12.6. The number of rotatable bonds is 13. The van der Waals surface area contributed by atoms with E-state index in [-0.39, 0.29) is 42.2 Å². The Morgan fingerprint density at radius 2 is 1.71 bits per heavy atom. The zero-order chi connectivity index (χ0) is 30.9. The van der Waals surface area contributed by atoms with Crippen LogP contribution in [0.3, 0.4) is 0 Å². The molecule has 0 spiro atoms. The van der Waals surface area contributed by atoms with Crippen LogP contribution in [0.1, 0.15) is 70.2 Å². The van der Waals surface area contributed by atoms with E-state index in [4.69, 9.17) is 0 Å². The van der Waals surface area contributed by atoms with E-state index in [0.29, 0.717) is 38.3 Å². The summed E-state index contributed by atoms with van der Waals surface area (Å²) in [4.78, 5) is 67.3. The Morgan fingerprint density at radius 3 is 2.27 bits per heavy atom. The first-order valence-electron chi connectivity index (χ1n) is 13.8. The largest absolute Gasteiger partial charge is 0.352 e. The molecule has 1 heterocycles. The average Bonchev–Trinajstić information content (AvgIpc) is 3.40. The summed E-state index contributed by atoms with van der Waals surface area (Å²) >= 11 is 0. The quantitative estimate of drug-likeness (QED) is 0.207. The fraction of sp³-hybridized carbons (Fsp3) is 0.607. The van der Waals surface area contributed by atoms with E-state index >= 15 is 0 Å². The zero-order valence-corrected chi connectivity index (χ0v) is 24.2. The molecular formula is C28H41F2N5O6. The maximum Gasteiger partial charge on any atom is 0.265 e. The predicted octanol–water partition coefficient (Wildman–Crippen LogP) is 1.99. The van der Waals surface area contributed by atoms with E-state index in [1.165, 1.54) is 17.4 Å². The maximum absolute atomic E-state index is 13.5. The van der Waals surface area contributed by atoms with Crippen LogP contribution in [0.5, 0.6) is 0 Å². The first-order chi connectivity index (χ1) is 19.3. The molecule has 11 nitrogen and oxygen atoms in total. The second-order valence-corrected chi connectivity index (χ2v) is 10.9. The molecule has 1 aromatic rings. The predicted molar refractivity (Wildman–Crippen MR) is 145 cm³/mol. The molecule has 1 aromatic carbocycles. The molecule has 0 radical (unpaired) electrons. The third-order valence-corrected chi connectivity index (χ3v) is 7.24. The van der Waals surface area contributed by atoms with Crippen molar-refractivity contribution in [1.82, 2.24) is 25.9 Å². The highest BCUT2D eigenvalue weighted by Crippen LogP contribution is 2.24. The van der Waals surface area contributed by atoms with Crippen LogP contribution in [-0.4, -0.2) is 82.8 Å². The Balaban J connectivity index is 2.13. The average molecular weight is 582 g/mol. The topological polar surface area (TPSA) is 148 Å². The minimum Gasteiger partial charge on any atom is -0.352 e. The van der Waals surface area contributed by atoms with Crippen LogP contribution in [0.15, 0.2) is 18.2 Å². The van der Waals surface area contributed by atoms with E-state index in [1.54, 1.807) is 11.8 Å². The third-order valence-electron chi connectivity index (χ3n) is 7.24. The van der Waals surface area contributed by atoms with Crippen LogP contribution in [0, 0.1) is 23.5 Å². The SMILES string of the molecule is CCC(C)[C@@H](C(=O)N[C@@H](CCNC(=O)c1cc(F)cc(F)c1)C(=O)NO)N(C)C(=O)C1CCCN1C(=O)CC(C)C. The van der Waals surface area contributed by atoms with Gasteiger partial charge in [-0.05, 0) is 43.2 Å². The summed E-state index contributed by atoms with van der Waals surface area (Å²) in [5.41, 5.74) is 1.21. The first kappa shape index (κ1) is 33.6. The number of nitrogens with zero attached hydrogens (tertiary/aromatic N) is 2. The second kappa shape index (κ2) is 15.4. The summed E-state index contributed by atoms with van der Waals surface area (Å²) in [5.74, 6) is -4.96. The van der Waals surface area contributed by atoms with Crippen molar-refractivity contribution in [3.05, 3.63) is 35.4 Å². The highest BCUT2D eigenvalue weighted by atomic mass is 19.1. The minimum absolute atomic E-state index is 0.114. The van der Waals surface area contributed by atoms with Crippen LogP contribution in [0.4, 0.5) is 8.78 Å². The van der Waals surface area contributed by atoms with Gasteiger partial charge in [0, 0.05) is 38.2 Å². The summed E-state index contributed by atoms with van der Waals surface area (Å²) in [7, 11) is 1.49. The molecule has 1 aliphatic heterocycles. The number of likely N-dealkylation sites (tertiary alicyclic amines) is 1. The molecule has 2 unspecified atom stereocenters. The standard InChI is InChI=1S/C28H41F2N5O6/c1-6-17(4)24(34(5)28(40)22-8-7-11-35(22)23(36)12-16(2)3)27(39)32-21(26(38)33-41)9-10-31-25(37)18-13-19(29)15-20(30)14-18/h13-17,21-22,24,41H,6-12H2,1-5H3,(H,31,37)(H,32,39)(H,33,38)/t17?,21-,22?,24-/m0/s1. The molecule has 0 bridgehead atoms. The molecule has 2 rings (SSSR count). The fourth-order valence-electron chi connectivity index (χ4n) is 4.92. The number of nitrogens with one attached hydrogen (secondary N) is 3. The number of hydroxylamine groups is 1. The lowest BCUT2D eigenvalue weighted by molar-refractivity contribution is -0.149. The number of carbonyl (C=O) groups excluding carboxylic acids is 5. The Bertz CT molecular complexity index is 1100. The van der Waals surface area contributed by atoms with E-state index in [0.717, 1.165) is 12.1 Å². The lowest BCUT2D eigenvalue weighted by Crippen LogP contribution is -2.58. The highest BCUT2D eigenvalue weighted by Gasteiger charge is 2.40. The molecule has 228 valence electrons. The van der Waals surface area contributed by atoms with Crippen LogP contribution in [-0.2, 0) is 19.2 Å². The molecule has 4 N–H and O–H groups in total. The van der Waals surface area contributed by atoms with Crippen molar-refractivity contribution in [3.63, 3.8) is 0 Å². The van der Waals surface area contributed by atoms with Gasteiger partial charge in [0.25, 0.3) is 11.8 Å². The van der Waals surface area contributed by atoms with Crippen molar-refractivity contribution in [3.8, 4) is 0 Å². The number of hydrogen-bond acceptors (Lipinski definition) is 6. The summed E-state index contributed by atoms with van der Waals surface area (Å²) < 4.78 is 26.9. The van der Waals surface area contributed by atoms with Gasteiger partial charge in [0.05, 0.1) is 0 Å². The third kappa shape index (κ3) is 9.20. The minimum atomic E-state index is -1.30. The van der Waals surface area contributed by atoms with Crippen LogP contribution in [0.25, 0.3) is 0 Å². The van der Waals surface area contributed by atoms with Gasteiger partial charge >= 0.3 is 0 Å². The molecule has 5 amide bonds. The molecule has 1 aliphatic rings. The normalized spacial score (nSPS) is 17.0. The summed E-state index contributed by atoms with van der Waals surface area (Å²) in [6, 6.07) is -0.661. The summed E-state index contributed by atoms with van der Waals surface area (Å²) in [5, 5.41) is 14.2. The maximum atomic E-state index is 13.5. The van der Waals surface area contributed by atoms with E-state index < -0.39 is 47.5 Å². The van der Waals surface area contributed by atoms with Crippen molar-refractivity contribution in [2.75, 3.05) is 20.1 Å². The van der Waals surface area contributed by atoms with E-state index in [2.05, 4.69) is 10.6 Å². The fourth-order valence-corrected chi connectivity index (χ4v) is 4.92. The smallest absolute Gasteiger partial charge is 0.265 e. The van der Waals surface area contributed by atoms with Gasteiger partial charge in [-0.1, -0.05) is 34.1 Å². The van der Waals surface area contributed by atoms with Gasteiger partial charge in [-0.2, -0.15) is 0 Å². The second-order valence-electron chi connectivity index (χ2n) is 10.9. The van der Waals surface area contributed by atoms with Crippen LogP contribution >= 0.6 is 0 Å². The highest BCUT2D eigenvalue weighted by molar-refractivity contribution is 5.95. The van der Waals surface area contributed by atoms with Gasteiger partial charge < -0.3 is 20.4 Å². The monoisotopic (exact) mass is 581 g/mol. The summed E-state index contributed by atoms with van der Waals surface area (Å²) in [6.07, 6.45) is 1.80. The van der Waals surface area contributed by atoms with Crippen molar-refractivity contribution >= 4 is 29.5 Å². The van der Waals surface area contributed by atoms with Crippen molar-refractivity contribution in [2.24, 2.45) is 11.8 Å². The van der Waals surface area contributed by atoms with Crippen LogP contribution in [0.2, 0.25) is 0 Å². The first-order valence-corrected chi connectivity index (χ1v) is 13.8. The molecular weight excluding hydrogens is 540 g/mol. The molecule has 1 saturated heterocycles. The zero-order valence-electron chi connectivity index (χ0n) is 24.2. The van der Waals surface area contributed by atoms with Crippen molar-refractivity contribution < 1.29 is 38.0 Å². The number of carbonyl (C=O) groups is 5. The number of halogens is 2. The molecule has 0 aromatic heterocycles. The van der Waals surface area contributed by atoms with Crippen molar-refractivity contribution in [2.45, 2.75) is 77.9 Å². The lowest BCUT2D eigenvalue weighted by atomic mass is 9.95. The molecule has 0 aliphatic carbocycles. The van der Waals surface area contributed by atoms with E-state index in [1.807, 2.05) is 20.8 Å². The lowest BCUT2D eigenvalue weighted by Gasteiger charge is -2.36. The van der Waals surface area contributed by atoms with E-state index in [9.17, 15) is 38.0 Å². The van der Waals surface area contributed by atoms with Gasteiger partial charge in [-0.3, -0.25) is 29.2 Å². The number of amides is 5. The number of benzene rings is 1. The summed E-state index contributed by atoms with van der Waals surface area (Å²) in [6.45, 7) is 7.75. The Morgan fingerprint density at radius 1 is 1.07 bits per heavy atom. The number of likely N-dealkylation sites (N-methyl/N-ethyl adjacent to an activating group) is 1. The van der Waals surface area contributed by atoms with Gasteiger partial charge in [0.2, 0.25) is 17.7 Å². The van der Waals surface area contributed by atoms with Gasteiger partial charge in [0.1, 0.15) is 29.8 Å².